The lowest BCUT2D eigenvalue weighted by Crippen LogP contribution is -1.99. The molecule has 0 heterocycles. The monoisotopic (exact) mass is 288 g/mol. The van der Waals surface area contributed by atoms with Crippen LogP contribution in [0.4, 0.5) is 4.39 Å². The van der Waals surface area contributed by atoms with Gasteiger partial charge in [-0.15, -0.1) is 11.6 Å². The zero-order chi connectivity index (χ0) is 14.4. The highest BCUT2D eigenvalue weighted by Gasteiger charge is 2.04. The van der Waals surface area contributed by atoms with Gasteiger partial charge in [0.15, 0.2) is 0 Å². The molecule has 0 saturated heterocycles. The summed E-state index contributed by atoms with van der Waals surface area (Å²) in [6, 6.07) is 12.2. The summed E-state index contributed by atoms with van der Waals surface area (Å²) < 4.78 is 18.8. The number of halogens is 2. The summed E-state index contributed by atoms with van der Waals surface area (Å²) in [7, 11) is 0. The highest BCUT2D eigenvalue weighted by atomic mass is 35.5. The molecule has 0 aliphatic heterocycles. The van der Waals surface area contributed by atoms with Gasteiger partial charge in [0, 0.05) is 0 Å². The van der Waals surface area contributed by atoms with Crippen LogP contribution in [0, 0.1) is 24.6 Å². The molecule has 0 bridgehead atoms. The molecular weight excluding hydrogens is 275 g/mol. The van der Waals surface area contributed by atoms with Crippen molar-refractivity contribution in [1.29, 1.82) is 0 Å². The second kappa shape index (κ2) is 6.98. The molecule has 2 rings (SSSR count). The van der Waals surface area contributed by atoms with E-state index in [4.69, 9.17) is 16.3 Å². The van der Waals surface area contributed by atoms with E-state index < -0.39 is 0 Å². The molecule has 0 atom stereocenters. The zero-order valence-corrected chi connectivity index (χ0v) is 11.9. The summed E-state index contributed by atoms with van der Waals surface area (Å²) in [5.41, 5.74) is 2.62. The summed E-state index contributed by atoms with van der Waals surface area (Å²) in [4.78, 5) is 0. The SMILES string of the molecule is Cc1cc(F)ccc1COc1ccccc1C#CCCl. The lowest BCUT2D eigenvalue weighted by atomic mass is 10.1. The van der Waals surface area contributed by atoms with Crippen molar-refractivity contribution in [2.75, 3.05) is 5.88 Å². The van der Waals surface area contributed by atoms with Gasteiger partial charge in [-0.3, -0.25) is 0 Å². The number of hydrogen-bond acceptors (Lipinski definition) is 1. The molecule has 2 aromatic carbocycles. The topological polar surface area (TPSA) is 9.23 Å². The Labute approximate surface area is 123 Å². The first-order valence-corrected chi connectivity index (χ1v) is 6.76. The van der Waals surface area contributed by atoms with Crippen LogP contribution in [-0.2, 0) is 6.61 Å². The molecular formula is C17H14ClFO. The molecule has 0 radical (unpaired) electrons. The van der Waals surface area contributed by atoms with Crippen molar-refractivity contribution in [3.8, 4) is 17.6 Å². The van der Waals surface area contributed by atoms with Crippen LogP contribution in [0.5, 0.6) is 5.75 Å². The predicted molar refractivity (Wildman–Crippen MR) is 79.5 cm³/mol. The van der Waals surface area contributed by atoms with Crippen LogP contribution >= 0.6 is 11.6 Å². The van der Waals surface area contributed by atoms with Gasteiger partial charge < -0.3 is 4.74 Å². The van der Waals surface area contributed by atoms with Gasteiger partial charge in [-0.2, -0.15) is 0 Å². The van der Waals surface area contributed by atoms with Gasteiger partial charge in [0.25, 0.3) is 0 Å². The third-order valence-corrected chi connectivity index (χ3v) is 3.00. The Kier molecular flexibility index (Phi) is 5.03. The van der Waals surface area contributed by atoms with Crippen LogP contribution in [0.15, 0.2) is 42.5 Å². The minimum atomic E-state index is -0.236. The third-order valence-electron chi connectivity index (χ3n) is 2.86. The first-order valence-electron chi connectivity index (χ1n) is 6.22. The van der Waals surface area contributed by atoms with E-state index in [1.807, 2.05) is 31.2 Å². The standard InChI is InChI=1S/C17H14ClFO/c1-13-11-16(19)9-8-15(13)12-20-17-7-3-2-5-14(17)6-4-10-18/h2-3,5,7-9,11H,10,12H2,1H3. The van der Waals surface area contributed by atoms with Crippen molar-refractivity contribution in [1.82, 2.24) is 0 Å². The first kappa shape index (κ1) is 14.4. The first-order chi connectivity index (χ1) is 9.70. The molecule has 0 amide bonds. The summed E-state index contributed by atoms with van der Waals surface area (Å²) in [6.07, 6.45) is 0. The van der Waals surface area contributed by atoms with Gasteiger partial charge in [-0.1, -0.05) is 30.0 Å². The number of benzene rings is 2. The van der Waals surface area contributed by atoms with Gasteiger partial charge in [-0.25, -0.2) is 4.39 Å². The fourth-order valence-electron chi connectivity index (χ4n) is 1.80. The van der Waals surface area contributed by atoms with Gasteiger partial charge >= 0.3 is 0 Å². The molecule has 0 spiro atoms. The molecule has 1 nitrogen and oxygen atoms in total. The van der Waals surface area contributed by atoms with Gasteiger partial charge in [0.05, 0.1) is 11.4 Å². The third kappa shape index (κ3) is 3.76. The Morgan fingerprint density at radius 3 is 2.75 bits per heavy atom. The van der Waals surface area contributed by atoms with Gasteiger partial charge in [-0.05, 0) is 42.3 Å². The lowest BCUT2D eigenvalue weighted by molar-refractivity contribution is 0.304. The molecule has 3 heteroatoms. The normalized spacial score (nSPS) is 9.75. The molecule has 20 heavy (non-hydrogen) atoms. The van der Waals surface area contributed by atoms with Crippen molar-refractivity contribution in [2.24, 2.45) is 0 Å². The van der Waals surface area contributed by atoms with Crippen molar-refractivity contribution >= 4 is 11.6 Å². The van der Waals surface area contributed by atoms with Gasteiger partial charge in [0.2, 0.25) is 0 Å². The smallest absolute Gasteiger partial charge is 0.135 e. The molecule has 2 aromatic rings. The van der Waals surface area contributed by atoms with Crippen molar-refractivity contribution < 1.29 is 9.13 Å². The summed E-state index contributed by atoms with van der Waals surface area (Å²) >= 11 is 5.56. The Bertz CT molecular complexity index is 656. The molecule has 0 N–H and O–H groups in total. The minimum Gasteiger partial charge on any atom is -0.488 e. The average molecular weight is 289 g/mol. The van der Waals surface area contributed by atoms with Crippen molar-refractivity contribution in [2.45, 2.75) is 13.5 Å². The van der Waals surface area contributed by atoms with E-state index in [2.05, 4.69) is 11.8 Å². The van der Waals surface area contributed by atoms with Crippen molar-refractivity contribution in [3.63, 3.8) is 0 Å². The maximum atomic E-state index is 13.0. The van der Waals surface area contributed by atoms with E-state index in [1.165, 1.54) is 12.1 Å². The maximum absolute atomic E-state index is 13.0. The minimum absolute atomic E-state index is 0.236. The molecule has 0 aliphatic carbocycles. The quantitative estimate of drug-likeness (QED) is 0.604. The van der Waals surface area contributed by atoms with E-state index in [0.29, 0.717) is 12.4 Å². The van der Waals surface area contributed by atoms with Crippen LogP contribution in [0.3, 0.4) is 0 Å². The highest BCUT2D eigenvalue weighted by Crippen LogP contribution is 2.19. The largest absolute Gasteiger partial charge is 0.488 e. The van der Waals surface area contributed by atoms with E-state index in [-0.39, 0.29) is 11.7 Å². The number of rotatable bonds is 3. The van der Waals surface area contributed by atoms with E-state index in [0.717, 1.165) is 16.7 Å². The second-order valence-electron chi connectivity index (χ2n) is 4.29. The average Bonchev–Trinajstić information content (AvgIpc) is 2.45. The Balaban J connectivity index is 2.14. The van der Waals surface area contributed by atoms with Crippen LogP contribution in [0.2, 0.25) is 0 Å². The number of aryl methyl sites for hydroxylation is 1. The van der Waals surface area contributed by atoms with Gasteiger partial charge in [0.1, 0.15) is 18.2 Å². The fourth-order valence-corrected chi connectivity index (χ4v) is 1.87. The molecule has 102 valence electrons. The Morgan fingerprint density at radius 2 is 2.00 bits per heavy atom. The van der Waals surface area contributed by atoms with Crippen LogP contribution in [-0.4, -0.2) is 5.88 Å². The van der Waals surface area contributed by atoms with E-state index >= 15 is 0 Å². The summed E-state index contributed by atoms with van der Waals surface area (Å²) in [6.45, 7) is 2.24. The van der Waals surface area contributed by atoms with Crippen LogP contribution in [0.1, 0.15) is 16.7 Å². The van der Waals surface area contributed by atoms with Crippen LogP contribution in [0.25, 0.3) is 0 Å². The predicted octanol–water partition coefficient (Wildman–Crippen LogP) is 4.30. The maximum Gasteiger partial charge on any atom is 0.135 e. The Morgan fingerprint density at radius 1 is 1.20 bits per heavy atom. The molecule has 0 aliphatic rings. The number of ether oxygens (including phenoxy) is 1. The Hall–Kier alpha value is -1.98. The summed E-state index contributed by atoms with van der Waals surface area (Å²) in [5.74, 6) is 6.51. The van der Waals surface area contributed by atoms with E-state index in [1.54, 1.807) is 6.07 Å². The van der Waals surface area contributed by atoms with Crippen LogP contribution < -0.4 is 4.74 Å². The second-order valence-corrected chi connectivity index (χ2v) is 4.56. The van der Waals surface area contributed by atoms with Crippen molar-refractivity contribution in [3.05, 3.63) is 65.0 Å². The number of alkyl halides is 1. The highest BCUT2D eigenvalue weighted by molar-refractivity contribution is 6.19. The molecule has 0 aromatic heterocycles. The zero-order valence-electron chi connectivity index (χ0n) is 11.1. The number of hydrogen-bond donors (Lipinski definition) is 0. The van der Waals surface area contributed by atoms with E-state index in [9.17, 15) is 4.39 Å². The lowest BCUT2D eigenvalue weighted by Gasteiger charge is -2.10. The number of para-hydroxylation sites is 1. The fraction of sp³-hybridized carbons (Fsp3) is 0.176. The molecule has 0 unspecified atom stereocenters. The molecule has 0 fully saturated rings. The summed E-state index contributed by atoms with van der Waals surface area (Å²) in [5, 5.41) is 0. The molecule has 0 saturated carbocycles.